The lowest BCUT2D eigenvalue weighted by molar-refractivity contribution is 0.100. The largest absolute Gasteiger partial charge is 0.493 e. The van der Waals surface area contributed by atoms with E-state index in [1.54, 1.807) is 32.4 Å². The van der Waals surface area contributed by atoms with Crippen molar-refractivity contribution in [2.45, 2.75) is 0 Å². The number of anilines is 2. The van der Waals surface area contributed by atoms with Crippen LogP contribution in [0.15, 0.2) is 46.9 Å². The van der Waals surface area contributed by atoms with Gasteiger partial charge in [-0.05, 0) is 30.3 Å². The SMILES string of the molecule is COc1cc2cc(C(N)=O)c(Nc3cccc(Br)c3)nc2cc1OC. The summed E-state index contributed by atoms with van der Waals surface area (Å²) in [6, 6.07) is 12.7. The van der Waals surface area contributed by atoms with Crippen molar-refractivity contribution in [1.29, 1.82) is 0 Å². The lowest BCUT2D eigenvalue weighted by atomic mass is 10.1. The van der Waals surface area contributed by atoms with Crippen molar-refractivity contribution in [3.8, 4) is 11.5 Å². The number of carbonyl (C=O) groups excluding carboxylic acids is 1. The molecule has 0 saturated carbocycles. The number of aromatic nitrogens is 1. The van der Waals surface area contributed by atoms with Crippen LogP contribution in [-0.4, -0.2) is 25.1 Å². The van der Waals surface area contributed by atoms with E-state index >= 15 is 0 Å². The molecular formula is C18H16BrN3O3. The minimum atomic E-state index is -0.568. The van der Waals surface area contributed by atoms with Crippen LogP contribution in [0.25, 0.3) is 10.9 Å². The number of rotatable bonds is 5. The second-order valence-electron chi connectivity index (χ2n) is 5.28. The van der Waals surface area contributed by atoms with Gasteiger partial charge in [-0.1, -0.05) is 22.0 Å². The molecule has 0 aliphatic carbocycles. The molecule has 0 spiro atoms. The summed E-state index contributed by atoms with van der Waals surface area (Å²) in [6.07, 6.45) is 0. The molecule has 0 aliphatic rings. The van der Waals surface area contributed by atoms with E-state index in [2.05, 4.69) is 26.2 Å². The molecule has 6 nitrogen and oxygen atoms in total. The number of halogens is 1. The number of amides is 1. The minimum Gasteiger partial charge on any atom is -0.493 e. The van der Waals surface area contributed by atoms with Gasteiger partial charge in [0.1, 0.15) is 5.82 Å². The van der Waals surface area contributed by atoms with Gasteiger partial charge in [0.25, 0.3) is 5.91 Å². The fraction of sp³-hybridized carbons (Fsp3) is 0.111. The van der Waals surface area contributed by atoms with E-state index < -0.39 is 5.91 Å². The quantitative estimate of drug-likeness (QED) is 0.677. The molecule has 0 atom stereocenters. The van der Waals surface area contributed by atoms with Crippen molar-refractivity contribution in [3.63, 3.8) is 0 Å². The number of benzene rings is 2. The van der Waals surface area contributed by atoms with Gasteiger partial charge in [-0.2, -0.15) is 0 Å². The van der Waals surface area contributed by atoms with Crippen LogP contribution in [0.3, 0.4) is 0 Å². The van der Waals surface area contributed by atoms with Gasteiger partial charge in [-0.25, -0.2) is 4.98 Å². The first kappa shape index (κ1) is 17.0. The van der Waals surface area contributed by atoms with Gasteiger partial charge in [-0.15, -0.1) is 0 Å². The topological polar surface area (TPSA) is 86.5 Å². The second-order valence-corrected chi connectivity index (χ2v) is 6.20. The predicted molar refractivity (Wildman–Crippen MR) is 101 cm³/mol. The van der Waals surface area contributed by atoms with E-state index in [1.807, 2.05) is 24.3 Å². The Hall–Kier alpha value is -2.80. The Morgan fingerprint density at radius 1 is 1.12 bits per heavy atom. The Kier molecular flexibility index (Phi) is 4.76. The van der Waals surface area contributed by atoms with E-state index in [-0.39, 0.29) is 0 Å². The highest BCUT2D eigenvalue weighted by molar-refractivity contribution is 9.10. The number of hydrogen-bond acceptors (Lipinski definition) is 5. The molecule has 1 aromatic heterocycles. The van der Waals surface area contributed by atoms with Gasteiger partial charge in [0.05, 0.1) is 25.3 Å². The number of hydrogen-bond donors (Lipinski definition) is 2. The van der Waals surface area contributed by atoms with Crippen molar-refractivity contribution in [2.24, 2.45) is 5.73 Å². The zero-order chi connectivity index (χ0) is 18.0. The van der Waals surface area contributed by atoms with E-state index in [4.69, 9.17) is 15.2 Å². The summed E-state index contributed by atoms with van der Waals surface area (Å²) in [5.74, 6) is 0.926. The summed E-state index contributed by atoms with van der Waals surface area (Å²) in [6.45, 7) is 0. The number of nitrogens with zero attached hydrogens (tertiary/aromatic N) is 1. The van der Waals surface area contributed by atoms with Gasteiger partial charge < -0.3 is 20.5 Å². The van der Waals surface area contributed by atoms with Crippen LogP contribution < -0.4 is 20.5 Å². The Labute approximate surface area is 153 Å². The fourth-order valence-corrected chi connectivity index (χ4v) is 2.89. The molecule has 2 aromatic carbocycles. The first-order chi connectivity index (χ1) is 12.0. The number of ether oxygens (including phenoxy) is 2. The lowest BCUT2D eigenvalue weighted by Crippen LogP contribution is -2.14. The third-order valence-corrected chi connectivity index (χ3v) is 4.17. The molecule has 0 saturated heterocycles. The molecule has 0 radical (unpaired) electrons. The van der Waals surface area contributed by atoms with Crippen LogP contribution in [0.2, 0.25) is 0 Å². The maximum absolute atomic E-state index is 11.9. The molecular weight excluding hydrogens is 386 g/mol. The molecule has 3 N–H and O–H groups in total. The fourth-order valence-electron chi connectivity index (χ4n) is 2.49. The molecule has 25 heavy (non-hydrogen) atoms. The van der Waals surface area contributed by atoms with Crippen molar-refractivity contribution >= 4 is 44.2 Å². The normalized spacial score (nSPS) is 10.5. The monoisotopic (exact) mass is 401 g/mol. The third kappa shape index (κ3) is 3.51. The molecule has 0 aliphatic heterocycles. The predicted octanol–water partition coefficient (Wildman–Crippen LogP) is 3.86. The molecule has 7 heteroatoms. The van der Waals surface area contributed by atoms with E-state index in [9.17, 15) is 4.79 Å². The molecule has 0 unspecified atom stereocenters. The van der Waals surface area contributed by atoms with Crippen LogP contribution in [0.4, 0.5) is 11.5 Å². The summed E-state index contributed by atoms with van der Waals surface area (Å²) in [7, 11) is 3.11. The van der Waals surface area contributed by atoms with Crippen molar-refractivity contribution in [3.05, 3.63) is 52.5 Å². The first-order valence-corrected chi connectivity index (χ1v) is 8.20. The average Bonchev–Trinajstić information content (AvgIpc) is 2.59. The van der Waals surface area contributed by atoms with Crippen molar-refractivity contribution in [2.75, 3.05) is 19.5 Å². The standard InChI is InChI=1S/C18H16BrN3O3/c1-24-15-7-10-6-13(17(20)23)18(22-14(10)9-16(15)25-2)21-12-5-3-4-11(19)8-12/h3-9H,1-2H3,(H2,20,23)(H,21,22). The Balaban J connectivity index is 2.15. The highest BCUT2D eigenvalue weighted by atomic mass is 79.9. The Bertz CT molecular complexity index is 960. The second kappa shape index (κ2) is 6.98. The van der Waals surface area contributed by atoms with Crippen molar-refractivity contribution < 1.29 is 14.3 Å². The molecule has 0 bridgehead atoms. The molecule has 1 heterocycles. The summed E-state index contributed by atoms with van der Waals surface area (Å²) in [4.78, 5) is 16.4. The number of nitrogens with one attached hydrogen (secondary N) is 1. The van der Waals surface area contributed by atoms with Gasteiger partial charge in [-0.3, -0.25) is 4.79 Å². The Morgan fingerprint density at radius 2 is 1.84 bits per heavy atom. The number of fused-ring (bicyclic) bond motifs is 1. The molecule has 128 valence electrons. The molecule has 0 fully saturated rings. The van der Waals surface area contributed by atoms with Crippen LogP contribution in [-0.2, 0) is 0 Å². The number of pyridine rings is 1. The highest BCUT2D eigenvalue weighted by Gasteiger charge is 2.15. The first-order valence-electron chi connectivity index (χ1n) is 7.41. The van der Waals surface area contributed by atoms with E-state index in [0.29, 0.717) is 28.4 Å². The van der Waals surface area contributed by atoms with E-state index in [0.717, 1.165) is 15.5 Å². The van der Waals surface area contributed by atoms with Crippen LogP contribution in [0.5, 0.6) is 11.5 Å². The smallest absolute Gasteiger partial charge is 0.252 e. The third-order valence-electron chi connectivity index (χ3n) is 3.67. The van der Waals surface area contributed by atoms with Gasteiger partial charge in [0.2, 0.25) is 0 Å². The summed E-state index contributed by atoms with van der Waals surface area (Å²) in [5, 5.41) is 3.87. The highest BCUT2D eigenvalue weighted by Crippen LogP contribution is 2.33. The molecule has 3 rings (SSSR count). The molecule has 3 aromatic rings. The van der Waals surface area contributed by atoms with Crippen LogP contribution in [0, 0.1) is 0 Å². The average molecular weight is 402 g/mol. The molecule has 1 amide bonds. The lowest BCUT2D eigenvalue weighted by Gasteiger charge is -2.13. The maximum atomic E-state index is 11.9. The summed E-state index contributed by atoms with van der Waals surface area (Å²) >= 11 is 3.42. The van der Waals surface area contributed by atoms with Gasteiger partial charge >= 0.3 is 0 Å². The van der Waals surface area contributed by atoms with Crippen LogP contribution >= 0.6 is 15.9 Å². The maximum Gasteiger partial charge on any atom is 0.252 e. The number of primary amides is 1. The van der Waals surface area contributed by atoms with Gasteiger partial charge in [0, 0.05) is 21.6 Å². The zero-order valence-corrected chi connectivity index (χ0v) is 15.3. The van der Waals surface area contributed by atoms with E-state index in [1.165, 1.54) is 0 Å². The number of methoxy groups -OCH3 is 2. The summed E-state index contributed by atoms with van der Waals surface area (Å²) in [5.41, 5.74) is 7.26. The van der Waals surface area contributed by atoms with Crippen LogP contribution in [0.1, 0.15) is 10.4 Å². The number of nitrogens with two attached hydrogens (primary N) is 1. The van der Waals surface area contributed by atoms with Crippen molar-refractivity contribution in [1.82, 2.24) is 4.98 Å². The Morgan fingerprint density at radius 3 is 2.48 bits per heavy atom. The van der Waals surface area contributed by atoms with Gasteiger partial charge in [0.15, 0.2) is 11.5 Å². The minimum absolute atomic E-state index is 0.291. The zero-order valence-electron chi connectivity index (χ0n) is 13.7. The summed E-state index contributed by atoms with van der Waals surface area (Å²) < 4.78 is 11.5. The number of carbonyl (C=O) groups is 1.